The van der Waals surface area contributed by atoms with Gasteiger partial charge < -0.3 is 10.4 Å². The Labute approximate surface area is 86.2 Å². The Morgan fingerprint density at radius 3 is 2.43 bits per heavy atom. The van der Waals surface area contributed by atoms with Crippen molar-refractivity contribution < 1.29 is 9.90 Å². The second-order valence-electron chi connectivity index (χ2n) is 3.99. The first-order valence-electron chi connectivity index (χ1n) is 5.00. The molecule has 0 aromatic rings. The lowest BCUT2D eigenvalue weighted by atomic mass is 9.81. The predicted molar refractivity (Wildman–Crippen MR) is 57.9 cm³/mol. The van der Waals surface area contributed by atoms with E-state index >= 15 is 0 Å². The number of aliphatic hydroxyl groups is 1. The zero-order chi connectivity index (χ0) is 11.4. The maximum absolute atomic E-state index is 11.2. The van der Waals surface area contributed by atoms with Crippen LogP contribution in [0.3, 0.4) is 0 Å². The van der Waals surface area contributed by atoms with Crippen molar-refractivity contribution >= 4 is 5.91 Å². The van der Waals surface area contributed by atoms with Gasteiger partial charge in [-0.25, -0.2) is 0 Å². The molecule has 0 aliphatic carbocycles. The van der Waals surface area contributed by atoms with Gasteiger partial charge in [0.25, 0.3) is 0 Å². The van der Waals surface area contributed by atoms with Crippen molar-refractivity contribution in [1.29, 1.82) is 0 Å². The number of nitrogens with one attached hydrogen (secondary N) is 1. The number of carbonyl (C=O) groups excluding carboxylic acids is 1. The molecule has 2 N–H and O–H groups in total. The van der Waals surface area contributed by atoms with Crippen LogP contribution in [-0.2, 0) is 4.79 Å². The van der Waals surface area contributed by atoms with Gasteiger partial charge in [0.05, 0.1) is 6.10 Å². The van der Waals surface area contributed by atoms with Gasteiger partial charge in [-0.05, 0) is 26.3 Å². The molecule has 14 heavy (non-hydrogen) atoms. The summed E-state index contributed by atoms with van der Waals surface area (Å²) in [5.41, 5.74) is -0.376. The van der Waals surface area contributed by atoms with Crippen LogP contribution in [0.1, 0.15) is 34.1 Å². The van der Waals surface area contributed by atoms with Crippen LogP contribution < -0.4 is 5.32 Å². The first-order valence-corrected chi connectivity index (χ1v) is 5.00. The molecule has 0 aromatic heterocycles. The van der Waals surface area contributed by atoms with Gasteiger partial charge in [0.1, 0.15) is 0 Å². The van der Waals surface area contributed by atoms with Crippen molar-refractivity contribution in [3.63, 3.8) is 0 Å². The minimum Gasteiger partial charge on any atom is -0.393 e. The molecule has 0 saturated heterocycles. The van der Waals surface area contributed by atoms with Crippen LogP contribution in [0.5, 0.6) is 0 Å². The molecule has 0 heterocycles. The molecule has 3 heteroatoms. The number of amides is 1. The van der Waals surface area contributed by atoms with E-state index in [-0.39, 0.29) is 17.4 Å². The number of carbonyl (C=O) groups is 1. The summed E-state index contributed by atoms with van der Waals surface area (Å²) in [6, 6.07) is 0. The average Bonchev–Trinajstić information content (AvgIpc) is 2.15. The molecule has 3 unspecified atom stereocenters. The highest BCUT2D eigenvalue weighted by Gasteiger charge is 2.33. The molecule has 0 fully saturated rings. The van der Waals surface area contributed by atoms with Crippen molar-refractivity contribution in [2.24, 2.45) is 5.92 Å². The van der Waals surface area contributed by atoms with Gasteiger partial charge in [-0.3, -0.25) is 4.79 Å². The standard InChI is InChI=1S/C11H21NO2/c1-6-10(14)12-11(5,7-2)8(3)9(4)13/h6,8-9,13H,1,7H2,2-5H3,(H,12,14). The fourth-order valence-electron chi connectivity index (χ4n) is 1.39. The summed E-state index contributed by atoms with van der Waals surface area (Å²) in [4.78, 5) is 11.2. The van der Waals surface area contributed by atoms with Crippen LogP contribution in [0.2, 0.25) is 0 Å². The number of aliphatic hydroxyl groups excluding tert-OH is 1. The van der Waals surface area contributed by atoms with E-state index in [1.807, 2.05) is 20.8 Å². The molecule has 0 saturated carbocycles. The van der Waals surface area contributed by atoms with Gasteiger partial charge in [-0.15, -0.1) is 0 Å². The quantitative estimate of drug-likeness (QED) is 0.659. The van der Waals surface area contributed by atoms with Gasteiger partial charge in [0, 0.05) is 11.5 Å². The average molecular weight is 199 g/mol. The van der Waals surface area contributed by atoms with Gasteiger partial charge in [-0.1, -0.05) is 20.4 Å². The summed E-state index contributed by atoms with van der Waals surface area (Å²) in [6.45, 7) is 11.0. The highest BCUT2D eigenvalue weighted by molar-refractivity contribution is 5.87. The molecule has 0 aliphatic heterocycles. The first kappa shape index (κ1) is 13.2. The minimum atomic E-state index is -0.440. The van der Waals surface area contributed by atoms with E-state index in [2.05, 4.69) is 11.9 Å². The molecule has 1 amide bonds. The Kier molecular flexibility index (Phi) is 4.85. The smallest absolute Gasteiger partial charge is 0.243 e. The molecule has 0 bridgehead atoms. The van der Waals surface area contributed by atoms with Crippen LogP contribution in [0, 0.1) is 5.92 Å². The van der Waals surface area contributed by atoms with Crippen LogP contribution in [-0.4, -0.2) is 22.7 Å². The van der Waals surface area contributed by atoms with Gasteiger partial charge >= 0.3 is 0 Å². The Balaban J connectivity index is 4.61. The third-order valence-corrected chi connectivity index (χ3v) is 3.06. The molecule has 0 rings (SSSR count). The molecule has 0 aliphatic rings. The molecule has 0 radical (unpaired) electrons. The van der Waals surface area contributed by atoms with Crippen molar-refractivity contribution in [3.8, 4) is 0 Å². The molecular formula is C11H21NO2. The normalized spacial score (nSPS) is 19.2. The molecule has 0 spiro atoms. The summed E-state index contributed by atoms with van der Waals surface area (Å²) >= 11 is 0. The monoisotopic (exact) mass is 199 g/mol. The minimum absolute atomic E-state index is 0.0106. The Bertz CT molecular complexity index is 213. The largest absolute Gasteiger partial charge is 0.393 e. The van der Waals surface area contributed by atoms with E-state index in [0.29, 0.717) is 0 Å². The lowest BCUT2D eigenvalue weighted by Gasteiger charge is -2.37. The summed E-state index contributed by atoms with van der Waals surface area (Å²) < 4.78 is 0. The topological polar surface area (TPSA) is 49.3 Å². The van der Waals surface area contributed by atoms with Crippen LogP contribution in [0.4, 0.5) is 0 Å². The molecule has 0 aromatic carbocycles. The maximum Gasteiger partial charge on any atom is 0.243 e. The Hall–Kier alpha value is -0.830. The molecule has 3 nitrogen and oxygen atoms in total. The lowest BCUT2D eigenvalue weighted by Crippen LogP contribution is -2.52. The summed E-state index contributed by atoms with van der Waals surface area (Å²) in [7, 11) is 0. The summed E-state index contributed by atoms with van der Waals surface area (Å²) in [5, 5.41) is 12.4. The van der Waals surface area contributed by atoms with Gasteiger partial charge in [0.2, 0.25) is 5.91 Å². The highest BCUT2D eigenvalue weighted by atomic mass is 16.3. The molecule has 82 valence electrons. The zero-order valence-electron chi connectivity index (χ0n) is 9.50. The van der Waals surface area contributed by atoms with Crippen molar-refractivity contribution in [3.05, 3.63) is 12.7 Å². The van der Waals surface area contributed by atoms with E-state index in [4.69, 9.17) is 0 Å². The lowest BCUT2D eigenvalue weighted by molar-refractivity contribution is -0.119. The fourth-order valence-corrected chi connectivity index (χ4v) is 1.39. The SMILES string of the molecule is C=CC(=O)NC(C)(CC)C(C)C(C)O. The van der Waals surface area contributed by atoms with Crippen LogP contribution >= 0.6 is 0 Å². The maximum atomic E-state index is 11.2. The third-order valence-electron chi connectivity index (χ3n) is 3.06. The van der Waals surface area contributed by atoms with E-state index < -0.39 is 6.10 Å². The van der Waals surface area contributed by atoms with Crippen molar-refractivity contribution in [2.75, 3.05) is 0 Å². The van der Waals surface area contributed by atoms with Crippen molar-refractivity contribution in [2.45, 2.75) is 45.8 Å². The van der Waals surface area contributed by atoms with E-state index in [0.717, 1.165) is 6.42 Å². The second-order valence-corrected chi connectivity index (χ2v) is 3.99. The van der Waals surface area contributed by atoms with E-state index in [1.165, 1.54) is 6.08 Å². The second kappa shape index (κ2) is 5.15. The number of hydrogen-bond donors (Lipinski definition) is 2. The number of hydrogen-bond acceptors (Lipinski definition) is 2. The summed E-state index contributed by atoms with van der Waals surface area (Å²) in [5.74, 6) is -0.182. The first-order chi connectivity index (χ1) is 6.37. The zero-order valence-corrected chi connectivity index (χ0v) is 9.50. The van der Waals surface area contributed by atoms with E-state index in [9.17, 15) is 9.90 Å². The highest BCUT2D eigenvalue weighted by Crippen LogP contribution is 2.23. The fraction of sp³-hybridized carbons (Fsp3) is 0.727. The van der Waals surface area contributed by atoms with Crippen LogP contribution in [0.15, 0.2) is 12.7 Å². The molecular weight excluding hydrogens is 178 g/mol. The Morgan fingerprint density at radius 2 is 2.14 bits per heavy atom. The summed E-state index contributed by atoms with van der Waals surface area (Å²) in [6.07, 6.45) is 1.59. The Morgan fingerprint density at radius 1 is 1.64 bits per heavy atom. The predicted octanol–water partition coefficient (Wildman–Crippen LogP) is 1.47. The van der Waals surface area contributed by atoms with Crippen LogP contribution in [0.25, 0.3) is 0 Å². The number of rotatable bonds is 5. The van der Waals surface area contributed by atoms with Gasteiger partial charge in [0.15, 0.2) is 0 Å². The van der Waals surface area contributed by atoms with Gasteiger partial charge in [-0.2, -0.15) is 0 Å². The van der Waals surface area contributed by atoms with Crippen molar-refractivity contribution in [1.82, 2.24) is 5.32 Å². The van der Waals surface area contributed by atoms with E-state index in [1.54, 1.807) is 6.92 Å². The molecule has 3 atom stereocenters. The third kappa shape index (κ3) is 3.14.